The first-order valence-electron chi connectivity index (χ1n) is 8.42. The van der Waals surface area contributed by atoms with Crippen LogP contribution in [0.15, 0.2) is 48.5 Å². The van der Waals surface area contributed by atoms with E-state index < -0.39 is 0 Å². The topological polar surface area (TPSA) is 40.6 Å². The number of piperazine rings is 1. The maximum absolute atomic E-state index is 12.6. The largest absolute Gasteiger partial charge is 0.339 e. The third kappa shape index (κ3) is 4.20. The van der Waals surface area contributed by atoms with E-state index in [0.717, 1.165) is 11.1 Å². The number of carbonyl (C=O) groups excluding carboxylic acids is 2. The van der Waals surface area contributed by atoms with E-state index in [1.807, 2.05) is 36.1 Å². The lowest BCUT2D eigenvalue weighted by atomic mass is 10.1. The molecule has 2 aromatic carbocycles. The van der Waals surface area contributed by atoms with Crippen molar-refractivity contribution in [2.24, 2.45) is 0 Å². The molecule has 3 rings (SSSR count). The van der Waals surface area contributed by atoms with Gasteiger partial charge in [0.2, 0.25) is 5.91 Å². The highest BCUT2D eigenvalue weighted by molar-refractivity contribution is 6.33. The molecule has 0 bridgehead atoms. The second-order valence-electron chi connectivity index (χ2n) is 6.32. The van der Waals surface area contributed by atoms with E-state index in [2.05, 4.69) is 0 Å². The summed E-state index contributed by atoms with van der Waals surface area (Å²) < 4.78 is 0. The summed E-state index contributed by atoms with van der Waals surface area (Å²) in [6.45, 7) is 4.20. The molecule has 1 aliphatic heterocycles. The van der Waals surface area contributed by atoms with Crippen LogP contribution in [0.25, 0.3) is 0 Å². The number of hydrogen-bond acceptors (Lipinski definition) is 2. The van der Waals surface area contributed by atoms with Gasteiger partial charge in [0.05, 0.1) is 17.0 Å². The summed E-state index contributed by atoms with van der Waals surface area (Å²) in [6.07, 6.45) is 0.403. The Kier molecular flexibility index (Phi) is 5.39. The molecule has 2 amide bonds. The summed E-state index contributed by atoms with van der Waals surface area (Å²) in [5, 5.41) is 0.463. The van der Waals surface area contributed by atoms with E-state index in [1.165, 1.54) is 0 Å². The van der Waals surface area contributed by atoms with E-state index >= 15 is 0 Å². The molecule has 2 aromatic rings. The normalized spacial score (nSPS) is 14.5. The fraction of sp³-hybridized carbons (Fsp3) is 0.300. The SMILES string of the molecule is Cc1cccc(CC(=O)N2CCN(C(=O)c3ccccc3Cl)CC2)c1. The zero-order valence-electron chi connectivity index (χ0n) is 14.2. The zero-order chi connectivity index (χ0) is 17.8. The number of halogens is 1. The van der Waals surface area contributed by atoms with Crippen molar-refractivity contribution in [3.63, 3.8) is 0 Å². The minimum Gasteiger partial charge on any atom is -0.339 e. The smallest absolute Gasteiger partial charge is 0.255 e. The fourth-order valence-corrected chi connectivity index (χ4v) is 3.29. The fourth-order valence-electron chi connectivity index (χ4n) is 3.07. The van der Waals surface area contributed by atoms with Gasteiger partial charge in [-0.3, -0.25) is 9.59 Å². The molecule has 1 saturated heterocycles. The number of carbonyl (C=O) groups is 2. The number of rotatable bonds is 3. The number of amides is 2. The Morgan fingerprint density at radius 1 is 0.960 bits per heavy atom. The molecular formula is C20H21ClN2O2. The average molecular weight is 357 g/mol. The van der Waals surface area contributed by atoms with Crippen molar-refractivity contribution in [2.75, 3.05) is 26.2 Å². The molecular weight excluding hydrogens is 336 g/mol. The third-order valence-corrected chi connectivity index (χ3v) is 4.79. The molecule has 0 aliphatic carbocycles. The molecule has 0 N–H and O–H groups in total. The summed E-state index contributed by atoms with van der Waals surface area (Å²) in [5.41, 5.74) is 2.70. The van der Waals surface area contributed by atoms with Gasteiger partial charge in [-0.05, 0) is 24.6 Å². The van der Waals surface area contributed by atoms with Gasteiger partial charge in [-0.2, -0.15) is 0 Å². The Labute approximate surface area is 153 Å². The Bertz CT molecular complexity index is 783. The molecule has 0 saturated carbocycles. The highest BCUT2D eigenvalue weighted by Gasteiger charge is 2.25. The van der Waals surface area contributed by atoms with E-state index in [4.69, 9.17) is 11.6 Å². The van der Waals surface area contributed by atoms with Crippen molar-refractivity contribution in [2.45, 2.75) is 13.3 Å². The minimum absolute atomic E-state index is 0.0728. The van der Waals surface area contributed by atoms with Gasteiger partial charge in [0.15, 0.2) is 0 Å². The lowest BCUT2D eigenvalue weighted by Crippen LogP contribution is -2.51. The van der Waals surface area contributed by atoms with Gasteiger partial charge in [-0.1, -0.05) is 53.6 Å². The predicted octanol–water partition coefficient (Wildman–Crippen LogP) is 3.18. The van der Waals surface area contributed by atoms with Gasteiger partial charge in [0, 0.05) is 26.2 Å². The van der Waals surface area contributed by atoms with E-state index in [-0.39, 0.29) is 11.8 Å². The van der Waals surface area contributed by atoms with Crippen molar-refractivity contribution in [1.82, 2.24) is 9.80 Å². The molecule has 5 heteroatoms. The first-order valence-corrected chi connectivity index (χ1v) is 8.79. The molecule has 1 heterocycles. The van der Waals surface area contributed by atoms with Gasteiger partial charge in [-0.15, -0.1) is 0 Å². The molecule has 0 spiro atoms. The Morgan fingerprint density at radius 2 is 1.64 bits per heavy atom. The van der Waals surface area contributed by atoms with Crippen molar-refractivity contribution >= 4 is 23.4 Å². The third-order valence-electron chi connectivity index (χ3n) is 4.46. The predicted molar refractivity (Wildman–Crippen MR) is 98.8 cm³/mol. The number of hydrogen-bond donors (Lipinski definition) is 0. The monoisotopic (exact) mass is 356 g/mol. The van der Waals surface area contributed by atoms with Crippen LogP contribution in [0.5, 0.6) is 0 Å². The second-order valence-corrected chi connectivity index (χ2v) is 6.73. The average Bonchev–Trinajstić information content (AvgIpc) is 2.62. The highest BCUT2D eigenvalue weighted by Crippen LogP contribution is 2.18. The molecule has 130 valence electrons. The van der Waals surface area contributed by atoms with Gasteiger partial charge in [0.1, 0.15) is 0 Å². The Hall–Kier alpha value is -2.33. The molecule has 1 fully saturated rings. The Morgan fingerprint density at radius 3 is 2.32 bits per heavy atom. The van der Waals surface area contributed by atoms with Crippen LogP contribution in [-0.2, 0) is 11.2 Å². The van der Waals surface area contributed by atoms with Crippen LogP contribution in [0, 0.1) is 6.92 Å². The van der Waals surface area contributed by atoms with Gasteiger partial charge in [0.25, 0.3) is 5.91 Å². The maximum atomic E-state index is 12.6. The van der Waals surface area contributed by atoms with Gasteiger partial charge >= 0.3 is 0 Å². The van der Waals surface area contributed by atoms with Crippen LogP contribution in [0.2, 0.25) is 5.02 Å². The number of nitrogens with zero attached hydrogens (tertiary/aromatic N) is 2. The maximum Gasteiger partial charge on any atom is 0.255 e. The number of aryl methyl sites for hydroxylation is 1. The molecule has 25 heavy (non-hydrogen) atoms. The highest BCUT2D eigenvalue weighted by atomic mass is 35.5. The summed E-state index contributed by atoms with van der Waals surface area (Å²) in [4.78, 5) is 28.6. The molecule has 4 nitrogen and oxygen atoms in total. The van der Waals surface area contributed by atoms with Gasteiger partial charge < -0.3 is 9.80 Å². The van der Waals surface area contributed by atoms with Crippen LogP contribution in [0.4, 0.5) is 0 Å². The molecule has 0 aromatic heterocycles. The summed E-state index contributed by atoms with van der Waals surface area (Å²) >= 11 is 6.11. The molecule has 1 aliphatic rings. The molecule has 0 unspecified atom stereocenters. The first kappa shape index (κ1) is 17.5. The lowest BCUT2D eigenvalue weighted by Gasteiger charge is -2.35. The van der Waals surface area contributed by atoms with E-state index in [1.54, 1.807) is 29.2 Å². The minimum atomic E-state index is -0.0728. The van der Waals surface area contributed by atoms with Crippen LogP contribution in [0.3, 0.4) is 0 Å². The molecule has 0 radical (unpaired) electrons. The zero-order valence-corrected chi connectivity index (χ0v) is 15.0. The van der Waals surface area contributed by atoms with Crippen LogP contribution in [0.1, 0.15) is 21.5 Å². The first-order chi connectivity index (χ1) is 12.0. The summed E-state index contributed by atoms with van der Waals surface area (Å²) in [7, 11) is 0. The van der Waals surface area contributed by atoms with E-state index in [9.17, 15) is 9.59 Å². The molecule has 0 atom stereocenters. The lowest BCUT2D eigenvalue weighted by molar-refractivity contribution is -0.131. The summed E-state index contributed by atoms with van der Waals surface area (Å²) in [6, 6.07) is 15.1. The van der Waals surface area contributed by atoms with Crippen molar-refractivity contribution in [3.05, 3.63) is 70.2 Å². The van der Waals surface area contributed by atoms with Crippen LogP contribution < -0.4 is 0 Å². The number of benzene rings is 2. The quantitative estimate of drug-likeness (QED) is 0.847. The standard InChI is InChI=1S/C20H21ClN2O2/c1-15-5-4-6-16(13-15)14-19(24)22-9-11-23(12-10-22)20(25)17-7-2-3-8-18(17)21/h2-8,13H,9-12,14H2,1H3. The summed E-state index contributed by atoms with van der Waals surface area (Å²) in [5.74, 6) is 0.0341. The second kappa shape index (κ2) is 7.70. The van der Waals surface area contributed by atoms with Crippen molar-refractivity contribution in [3.8, 4) is 0 Å². The van der Waals surface area contributed by atoms with E-state index in [0.29, 0.717) is 43.2 Å². The van der Waals surface area contributed by atoms with Crippen molar-refractivity contribution in [1.29, 1.82) is 0 Å². The Balaban J connectivity index is 1.57. The van der Waals surface area contributed by atoms with Crippen molar-refractivity contribution < 1.29 is 9.59 Å². The van der Waals surface area contributed by atoms with Crippen LogP contribution in [-0.4, -0.2) is 47.8 Å². The van der Waals surface area contributed by atoms with Gasteiger partial charge in [-0.25, -0.2) is 0 Å². The van der Waals surface area contributed by atoms with Crippen LogP contribution >= 0.6 is 11.6 Å².